The second-order valence-electron chi connectivity index (χ2n) is 4.32. The Morgan fingerprint density at radius 3 is 3.12 bits per heavy atom. The van der Waals surface area contributed by atoms with Gasteiger partial charge in [0.05, 0.1) is 6.54 Å². The largest absolute Gasteiger partial charge is 0.448 e. The van der Waals surface area contributed by atoms with E-state index in [1.807, 2.05) is 6.07 Å². The fourth-order valence-electron chi connectivity index (χ4n) is 2.20. The average molecular weight is 243 g/mol. The van der Waals surface area contributed by atoms with Gasteiger partial charge in [0, 0.05) is 12.6 Å². The predicted molar refractivity (Wildman–Crippen MR) is 65.7 cm³/mol. The van der Waals surface area contributed by atoms with Crippen molar-refractivity contribution in [3.05, 3.63) is 23.1 Å². The summed E-state index contributed by atoms with van der Waals surface area (Å²) in [7, 11) is 0. The number of nitrogens with zero attached hydrogens (tertiary/aromatic N) is 1. The van der Waals surface area contributed by atoms with Crippen molar-refractivity contribution >= 4 is 11.6 Å². The molecule has 1 aliphatic rings. The Bertz CT molecular complexity index is 327. The van der Waals surface area contributed by atoms with Gasteiger partial charge in [0.2, 0.25) is 0 Å². The molecule has 0 amide bonds. The number of likely N-dealkylation sites (N-methyl/N-ethyl adjacent to an activating group) is 1. The summed E-state index contributed by atoms with van der Waals surface area (Å²) in [6, 6.07) is 4.30. The average Bonchev–Trinajstić information content (AvgIpc) is 2.73. The van der Waals surface area contributed by atoms with Crippen molar-refractivity contribution in [2.75, 3.05) is 19.6 Å². The molecule has 1 atom stereocenters. The summed E-state index contributed by atoms with van der Waals surface area (Å²) in [5.41, 5.74) is 0. The maximum atomic E-state index is 5.72. The summed E-state index contributed by atoms with van der Waals surface area (Å²) in [6.07, 6.45) is 2.54. The molecule has 3 nitrogen and oxygen atoms in total. The Balaban J connectivity index is 1.77. The molecule has 1 N–H and O–H groups in total. The highest BCUT2D eigenvalue weighted by molar-refractivity contribution is 6.28. The van der Waals surface area contributed by atoms with E-state index in [9.17, 15) is 0 Å². The van der Waals surface area contributed by atoms with Crippen LogP contribution in [0.25, 0.3) is 0 Å². The first kappa shape index (κ1) is 12.0. The summed E-state index contributed by atoms with van der Waals surface area (Å²) in [5, 5.41) is 3.99. The molecular weight excluding hydrogens is 224 g/mol. The molecule has 1 aliphatic heterocycles. The molecule has 0 aliphatic carbocycles. The number of piperidine rings is 1. The van der Waals surface area contributed by atoms with E-state index in [1.54, 1.807) is 6.07 Å². The lowest BCUT2D eigenvalue weighted by Gasteiger charge is -2.32. The first-order valence-corrected chi connectivity index (χ1v) is 6.35. The molecule has 2 heterocycles. The number of hydrogen-bond acceptors (Lipinski definition) is 3. The molecule has 0 saturated carbocycles. The van der Waals surface area contributed by atoms with E-state index in [2.05, 4.69) is 17.1 Å². The zero-order valence-corrected chi connectivity index (χ0v) is 10.5. The number of hydrogen-bond donors (Lipinski definition) is 1. The van der Waals surface area contributed by atoms with Crippen molar-refractivity contribution in [1.82, 2.24) is 10.2 Å². The first-order valence-electron chi connectivity index (χ1n) is 5.98. The van der Waals surface area contributed by atoms with Crippen LogP contribution in [0.4, 0.5) is 0 Å². The quantitative estimate of drug-likeness (QED) is 0.880. The summed E-state index contributed by atoms with van der Waals surface area (Å²) in [4.78, 5) is 2.48. The molecule has 1 saturated heterocycles. The zero-order valence-electron chi connectivity index (χ0n) is 9.71. The van der Waals surface area contributed by atoms with Gasteiger partial charge in [-0.15, -0.1) is 0 Å². The molecule has 1 fully saturated rings. The monoisotopic (exact) mass is 242 g/mol. The van der Waals surface area contributed by atoms with Crippen molar-refractivity contribution in [2.45, 2.75) is 32.4 Å². The summed E-state index contributed by atoms with van der Waals surface area (Å²) in [5.74, 6) is 0.915. The minimum atomic E-state index is 0.468. The summed E-state index contributed by atoms with van der Waals surface area (Å²) >= 11 is 5.72. The third kappa shape index (κ3) is 3.24. The molecule has 1 unspecified atom stereocenters. The molecular formula is C12H19ClN2O. The van der Waals surface area contributed by atoms with Crippen LogP contribution in [0, 0.1) is 0 Å². The van der Waals surface area contributed by atoms with E-state index in [4.69, 9.17) is 16.0 Å². The molecule has 4 heteroatoms. The summed E-state index contributed by atoms with van der Waals surface area (Å²) in [6.45, 7) is 6.51. The number of rotatable bonds is 4. The standard InChI is InChI=1S/C12H19ClN2O/c1-2-15-7-3-4-10(9-15)14-8-11-5-6-12(13)16-11/h5-6,10,14H,2-4,7-9H2,1H3. The molecule has 90 valence electrons. The minimum absolute atomic E-state index is 0.468. The van der Waals surface area contributed by atoms with Crippen LogP contribution in [-0.2, 0) is 6.54 Å². The number of halogens is 1. The van der Waals surface area contributed by atoms with Crippen LogP contribution in [0.1, 0.15) is 25.5 Å². The smallest absolute Gasteiger partial charge is 0.193 e. The zero-order chi connectivity index (χ0) is 11.4. The highest BCUT2D eigenvalue weighted by atomic mass is 35.5. The lowest BCUT2D eigenvalue weighted by Crippen LogP contribution is -2.45. The summed E-state index contributed by atoms with van der Waals surface area (Å²) < 4.78 is 5.32. The van der Waals surface area contributed by atoms with Crippen LogP contribution in [0.3, 0.4) is 0 Å². The lowest BCUT2D eigenvalue weighted by atomic mass is 10.1. The van der Waals surface area contributed by atoms with Gasteiger partial charge in [0.1, 0.15) is 5.76 Å². The predicted octanol–water partition coefficient (Wildman–Crippen LogP) is 2.51. The van der Waals surface area contributed by atoms with E-state index in [-0.39, 0.29) is 0 Å². The minimum Gasteiger partial charge on any atom is -0.448 e. The Hall–Kier alpha value is -0.510. The molecule has 0 bridgehead atoms. The molecule has 1 aromatic rings. The Kier molecular flexibility index (Phi) is 4.27. The van der Waals surface area contributed by atoms with Gasteiger partial charge in [-0.2, -0.15) is 0 Å². The van der Waals surface area contributed by atoms with Crippen molar-refractivity contribution in [3.63, 3.8) is 0 Å². The van der Waals surface area contributed by atoms with Gasteiger partial charge < -0.3 is 14.6 Å². The number of furan rings is 1. The van der Waals surface area contributed by atoms with Gasteiger partial charge in [-0.05, 0) is 49.7 Å². The van der Waals surface area contributed by atoms with Gasteiger partial charge in [-0.25, -0.2) is 0 Å². The molecule has 0 aromatic carbocycles. The molecule has 1 aromatic heterocycles. The van der Waals surface area contributed by atoms with Gasteiger partial charge in [0.25, 0.3) is 0 Å². The van der Waals surface area contributed by atoms with E-state index in [0.717, 1.165) is 25.4 Å². The van der Waals surface area contributed by atoms with Crippen molar-refractivity contribution in [2.24, 2.45) is 0 Å². The van der Waals surface area contributed by atoms with Gasteiger partial charge in [-0.3, -0.25) is 0 Å². The first-order chi connectivity index (χ1) is 7.78. The second kappa shape index (κ2) is 5.71. The topological polar surface area (TPSA) is 28.4 Å². The van der Waals surface area contributed by atoms with E-state index >= 15 is 0 Å². The maximum Gasteiger partial charge on any atom is 0.193 e. The highest BCUT2D eigenvalue weighted by Gasteiger charge is 2.18. The van der Waals surface area contributed by atoms with Gasteiger partial charge in [-0.1, -0.05) is 6.92 Å². The highest BCUT2D eigenvalue weighted by Crippen LogP contribution is 2.14. The van der Waals surface area contributed by atoms with Crippen molar-refractivity contribution in [3.8, 4) is 0 Å². The normalized spacial score (nSPS) is 22.5. The van der Waals surface area contributed by atoms with Crippen LogP contribution in [0.2, 0.25) is 5.22 Å². The van der Waals surface area contributed by atoms with E-state index in [0.29, 0.717) is 11.3 Å². The molecule has 2 rings (SSSR count). The maximum absolute atomic E-state index is 5.72. The van der Waals surface area contributed by atoms with E-state index in [1.165, 1.54) is 19.4 Å². The third-order valence-electron chi connectivity index (χ3n) is 3.15. The Morgan fingerprint density at radius 2 is 2.44 bits per heavy atom. The Labute approximate surface area is 102 Å². The van der Waals surface area contributed by atoms with Crippen LogP contribution in [0.5, 0.6) is 0 Å². The van der Waals surface area contributed by atoms with Crippen LogP contribution in [-0.4, -0.2) is 30.6 Å². The molecule has 16 heavy (non-hydrogen) atoms. The van der Waals surface area contributed by atoms with Crippen LogP contribution < -0.4 is 5.32 Å². The second-order valence-corrected chi connectivity index (χ2v) is 4.69. The Morgan fingerprint density at radius 1 is 1.56 bits per heavy atom. The SMILES string of the molecule is CCN1CCCC(NCc2ccc(Cl)o2)C1. The van der Waals surface area contributed by atoms with Crippen LogP contribution >= 0.6 is 11.6 Å². The molecule has 0 spiro atoms. The van der Waals surface area contributed by atoms with Crippen molar-refractivity contribution in [1.29, 1.82) is 0 Å². The van der Waals surface area contributed by atoms with Gasteiger partial charge >= 0.3 is 0 Å². The number of nitrogens with one attached hydrogen (secondary N) is 1. The number of likely N-dealkylation sites (tertiary alicyclic amines) is 1. The van der Waals surface area contributed by atoms with Crippen LogP contribution in [0.15, 0.2) is 16.5 Å². The molecule has 0 radical (unpaired) electrons. The lowest BCUT2D eigenvalue weighted by molar-refractivity contribution is 0.196. The fraction of sp³-hybridized carbons (Fsp3) is 0.667. The van der Waals surface area contributed by atoms with E-state index < -0.39 is 0 Å². The third-order valence-corrected chi connectivity index (χ3v) is 3.35. The van der Waals surface area contributed by atoms with Gasteiger partial charge in [0.15, 0.2) is 5.22 Å². The van der Waals surface area contributed by atoms with Crippen molar-refractivity contribution < 1.29 is 4.42 Å². The fourth-order valence-corrected chi connectivity index (χ4v) is 2.36.